The van der Waals surface area contributed by atoms with E-state index in [4.69, 9.17) is 14.0 Å². The van der Waals surface area contributed by atoms with Gasteiger partial charge in [-0.15, -0.1) is 0 Å². The maximum absolute atomic E-state index is 5.58. The first-order chi connectivity index (χ1) is 8.38. The van der Waals surface area contributed by atoms with Crippen LogP contribution in [0.4, 0.5) is 0 Å². The molecule has 1 aliphatic heterocycles. The van der Waals surface area contributed by atoms with E-state index >= 15 is 0 Å². The summed E-state index contributed by atoms with van der Waals surface area (Å²) in [7, 11) is 1.88. The van der Waals surface area contributed by atoms with E-state index in [-0.39, 0.29) is 6.10 Å². The summed E-state index contributed by atoms with van der Waals surface area (Å²) in [5.74, 6) is 0.769. The number of hydrogen-bond acceptors (Lipinski definition) is 5. The van der Waals surface area contributed by atoms with Crippen molar-refractivity contribution in [2.24, 2.45) is 0 Å². The number of hydrogen-bond donors (Lipinski definition) is 1. The van der Waals surface area contributed by atoms with Crippen molar-refractivity contribution in [3.63, 3.8) is 0 Å². The van der Waals surface area contributed by atoms with E-state index < -0.39 is 0 Å². The Balaban J connectivity index is 1.66. The summed E-state index contributed by atoms with van der Waals surface area (Å²) in [6.07, 6.45) is 3.76. The smallest absolute Gasteiger partial charge is 0.162 e. The summed E-state index contributed by atoms with van der Waals surface area (Å²) in [6.45, 7) is 2.69. The van der Waals surface area contributed by atoms with Crippen LogP contribution in [0.2, 0.25) is 0 Å². The molecule has 5 nitrogen and oxygen atoms in total. The largest absolute Gasteiger partial charge is 0.376 e. The molecule has 1 aromatic heterocycles. The third-order valence-electron chi connectivity index (χ3n) is 2.79. The Morgan fingerprint density at radius 2 is 2.47 bits per heavy atom. The standard InChI is InChI=1S/C12H20N2O3/c1-13-7-10-6-12(17-14-10)9-15-8-11-4-2-3-5-16-11/h6,11,13H,2-5,7-9H2,1H3. The topological polar surface area (TPSA) is 56.5 Å². The molecule has 0 aromatic carbocycles. The Morgan fingerprint density at radius 1 is 1.53 bits per heavy atom. The summed E-state index contributed by atoms with van der Waals surface area (Å²) in [5.41, 5.74) is 0.903. The van der Waals surface area contributed by atoms with E-state index in [9.17, 15) is 0 Å². The van der Waals surface area contributed by atoms with Crippen molar-refractivity contribution >= 4 is 0 Å². The highest BCUT2D eigenvalue weighted by atomic mass is 16.5. The predicted molar refractivity (Wildman–Crippen MR) is 62.5 cm³/mol. The Kier molecular flexibility index (Phi) is 4.97. The molecule has 0 amide bonds. The van der Waals surface area contributed by atoms with Crippen molar-refractivity contribution < 1.29 is 14.0 Å². The van der Waals surface area contributed by atoms with Crippen molar-refractivity contribution in [3.8, 4) is 0 Å². The van der Waals surface area contributed by atoms with Crippen LogP contribution in [0.15, 0.2) is 10.6 Å². The molecule has 1 fully saturated rings. The number of nitrogens with zero attached hydrogens (tertiary/aromatic N) is 1. The van der Waals surface area contributed by atoms with E-state index in [1.807, 2.05) is 13.1 Å². The minimum absolute atomic E-state index is 0.253. The molecule has 96 valence electrons. The number of nitrogens with one attached hydrogen (secondary N) is 1. The lowest BCUT2D eigenvalue weighted by Crippen LogP contribution is -2.24. The van der Waals surface area contributed by atoms with E-state index in [1.165, 1.54) is 12.8 Å². The van der Waals surface area contributed by atoms with Crippen molar-refractivity contribution in [1.29, 1.82) is 0 Å². The summed E-state index contributed by atoms with van der Waals surface area (Å²) in [4.78, 5) is 0. The van der Waals surface area contributed by atoms with Gasteiger partial charge in [-0.3, -0.25) is 0 Å². The molecule has 0 radical (unpaired) electrons. The quantitative estimate of drug-likeness (QED) is 0.816. The lowest BCUT2D eigenvalue weighted by molar-refractivity contribution is -0.0477. The molecule has 0 saturated carbocycles. The molecule has 1 aliphatic rings. The van der Waals surface area contributed by atoms with Crippen LogP contribution in [-0.4, -0.2) is 31.5 Å². The fourth-order valence-electron chi connectivity index (χ4n) is 1.92. The highest BCUT2D eigenvalue weighted by molar-refractivity contribution is 5.03. The Morgan fingerprint density at radius 3 is 3.24 bits per heavy atom. The average molecular weight is 240 g/mol. The van der Waals surface area contributed by atoms with Crippen molar-refractivity contribution in [2.75, 3.05) is 20.3 Å². The van der Waals surface area contributed by atoms with Gasteiger partial charge in [0.1, 0.15) is 6.61 Å². The summed E-state index contributed by atoms with van der Waals surface area (Å²) >= 11 is 0. The lowest BCUT2D eigenvalue weighted by Gasteiger charge is -2.21. The first-order valence-corrected chi connectivity index (χ1v) is 6.17. The van der Waals surface area contributed by atoms with Crippen LogP contribution in [0.1, 0.15) is 30.7 Å². The molecule has 2 heterocycles. The van der Waals surface area contributed by atoms with E-state index in [0.717, 1.165) is 31.0 Å². The predicted octanol–water partition coefficient (Wildman–Crippen LogP) is 1.48. The average Bonchev–Trinajstić information content (AvgIpc) is 2.79. The molecule has 1 atom stereocenters. The van der Waals surface area contributed by atoms with Gasteiger partial charge in [0.05, 0.1) is 18.4 Å². The van der Waals surface area contributed by atoms with E-state index in [0.29, 0.717) is 13.2 Å². The van der Waals surface area contributed by atoms with Crippen LogP contribution in [0.5, 0.6) is 0 Å². The second kappa shape index (κ2) is 6.74. The first kappa shape index (κ1) is 12.5. The first-order valence-electron chi connectivity index (χ1n) is 6.17. The second-order valence-electron chi connectivity index (χ2n) is 4.32. The van der Waals surface area contributed by atoms with Gasteiger partial charge in [-0.2, -0.15) is 0 Å². The molecular formula is C12H20N2O3. The molecule has 0 bridgehead atoms. The van der Waals surface area contributed by atoms with Crippen LogP contribution in [0.3, 0.4) is 0 Å². The zero-order chi connectivity index (χ0) is 11.9. The molecule has 1 aromatic rings. The minimum Gasteiger partial charge on any atom is -0.376 e. The monoisotopic (exact) mass is 240 g/mol. The van der Waals surface area contributed by atoms with Crippen LogP contribution in [0.25, 0.3) is 0 Å². The summed E-state index contributed by atoms with van der Waals surface area (Å²) < 4.78 is 16.3. The molecule has 0 aliphatic carbocycles. The zero-order valence-corrected chi connectivity index (χ0v) is 10.3. The van der Waals surface area contributed by atoms with Gasteiger partial charge in [-0.1, -0.05) is 5.16 Å². The highest BCUT2D eigenvalue weighted by Crippen LogP contribution is 2.13. The fourth-order valence-corrected chi connectivity index (χ4v) is 1.92. The van der Waals surface area contributed by atoms with Gasteiger partial charge in [0.25, 0.3) is 0 Å². The third-order valence-corrected chi connectivity index (χ3v) is 2.79. The van der Waals surface area contributed by atoms with Gasteiger partial charge >= 0.3 is 0 Å². The number of aromatic nitrogens is 1. The fraction of sp³-hybridized carbons (Fsp3) is 0.750. The molecule has 1 unspecified atom stereocenters. The van der Waals surface area contributed by atoms with Crippen LogP contribution in [0, 0.1) is 0 Å². The van der Waals surface area contributed by atoms with E-state index in [1.54, 1.807) is 0 Å². The lowest BCUT2D eigenvalue weighted by atomic mass is 10.1. The van der Waals surface area contributed by atoms with Crippen LogP contribution < -0.4 is 5.32 Å². The van der Waals surface area contributed by atoms with E-state index in [2.05, 4.69) is 10.5 Å². The molecule has 0 spiro atoms. The maximum atomic E-state index is 5.58. The van der Waals surface area contributed by atoms with Gasteiger partial charge in [0, 0.05) is 19.2 Å². The molecule has 2 rings (SSSR count). The molecule has 1 N–H and O–H groups in total. The minimum atomic E-state index is 0.253. The molecule has 17 heavy (non-hydrogen) atoms. The van der Waals surface area contributed by atoms with Crippen molar-refractivity contribution in [2.45, 2.75) is 38.5 Å². The number of rotatable bonds is 6. The third kappa shape index (κ3) is 4.11. The maximum Gasteiger partial charge on any atom is 0.162 e. The van der Waals surface area contributed by atoms with Gasteiger partial charge in [0.2, 0.25) is 0 Å². The highest BCUT2D eigenvalue weighted by Gasteiger charge is 2.14. The van der Waals surface area contributed by atoms with Crippen molar-refractivity contribution in [1.82, 2.24) is 10.5 Å². The Bertz CT molecular complexity index is 321. The normalized spacial score (nSPS) is 20.6. The molecular weight excluding hydrogens is 220 g/mol. The molecule has 5 heteroatoms. The van der Waals surface area contributed by atoms with Crippen LogP contribution in [-0.2, 0) is 22.6 Å². The zero-order valence-electron chi connectivity index (χ0n) is 10.3. The summed E-state index contributed by atoms with van der Waals surface area (Å²) in [6, 6.07) is 1.91. The second-order valence-corrected chi connectivity index (χ2v) is 4.32. The molecule has 1 saturated heterocycles. The van der Waals surface area contributed by atoms with Gasteiger partial charge in [-0.05, 0) is 26.3 Å². The number of ether oxygens (including phenoxy) is 2. The Labute approximate surface area is 101 Å². The van der Waals surface area contributed by atoms with Gasteiger partial charge in [0.15, 0.2) is 5.76 Å². The van der Waals surface area contributed by atoms with Gasteiger partial charge < -0.3 is 19.3 Å². The van der Waals surface area contributed by atoms with Crippen LogP contribution >= 0.6 is 0 Å². The summed E-state index contributed by atoms with van der Waals surface area (Å²) in [5, 5.41) is 6.94. The Hall–Kier alpha value is -0.910. The van der Waals surface area contributed by atoms with Crippen molar-refractivity contribution in [3.05, 3.63) is 17.5 Å². The van der Waals surface area contributed by atoms with Gasteiger partial charge in [-0.25, -0.2) is 0 Å². The SMILES string of the molecule is CNCc1cc(COCC2CCCCO2)on1.